The molecule has 1 N–H and O–H groups in total. The second-order valence-electron chi connectivity index (χ2n) is 8.47. The molecule has 3 aromatic heterocycles. The number of hydrogen-bond acceptors (Lipinski definition) is 6. The average molecular weight is 455 g/mol. The second kappa shape index (κ2) is 9.52. The molecule has 1 unspecified atom stereocenters. The van der Waals surface area contributed by atoms with Gasteiger partial charge >= 0.3 is 6.03 Å². The fraction of sp³-hybridized carbons (Fsp3) is 0.269. The Bertz CT molecular complexity index is 1190. The minimum atomic E-state index is -1.74. The van der Waals surface area contributed by atoms with Crippen molar-refractivity contribution in [3.05, 3.63) is 108 Å². The van der Waals surface area contributed by atoms with Crippen LogP contribution in [0.15, 0.2) is 85.3 Å². The second-order valence-corrected chi connectivity index (χ2v) is 8.47. The van der Waals surface area contributed by atoms with E-state index in [2.05, 4.69) is 32.3 Å². The quantitative estimate of drug-likeness (QED) is 0.496. The maximum Gasteiger partial charge on any atom is 0.362 e. The van der Waals surface area contributed by atoms with Crippen molar-refractivity contribution in [2.75, 3.05) is 6.54 Å². The summed E-state index contributed by atoms with van der Waals surface area (Å²) in [7, 11) is 0. The molecule has 1 atom stereocenters. The highest BCUT2D eigenvalue weighted by atomic mass is 16.3. The predicted molar refractivity (Wildman–Crippen MR) is 126 cm³/mol. The molecule has 1 aliphatic rings. The summed E-state index contributed by atoms with van der Waals surface area (Å²) < 4.78 is 0. The number of aromatic nitrogens is 5. The molecule has 0 aliphatic carbocycles. The van der Waals surface area contributed by atoms with E-state index in [-0.39, 0.29) is 17.8 Å². The fourth-order valence-corrected chi connectivity index (χ4v) is 4.53. The fourth-order valence-electron chi connectivity index (χ4n) is 4.53. The zero-order chi connectivity index (χ0) is 23.4. The number of benzene rings is 1. The first-order chi connectivity index (χ1) is 16.7. The van der Waals surface area contributed by atoms with Crippen molar-refractivity contribution in [2.45, 2.75) is 37.3 Å². The molecule has 34 heavy (non-hydrogen) atoms. The molecule has 0 bridgehead atoms. The van der Waals surface area contributed by atoms with Gasteiger partial charge in [0.15, 0.2) is 5.60 Å². The van der Waals surface area contributed by atoms with E-state index in [0.717, 1.165) is 30.5 Å². The summed E-state index contributed by atoms with van der Waals surface area (Å²) in [5.41, 5.74) is 0.351. The van der Waals surface area contributed by atoms with E-state index in [1.807, 2.05) is 23.1 Å². The molecule has 172 valence electrons. The minimum Gasteiger partial charge on any atom is -0.372 e. The average Bonchev–Trinajstić information content (AvgIpc) is 3.41. The Kier molecular flexibility index (Phi) is 6.14. The van der Waals surface area contributed by atoms with Gasteiger partial charge in [-0.05, 0) is 55.5 Å². The third-order valence-corrected chi connectivity index (χ3v) is 6.29. The standard InChI is InChI=1S/C26H26N6O2/c33-25(31-17-9-6-12-21(31)18-20-10-2-1-3-11-20)32-29-19-24(30-32)26(34,22-13-4-7-15-27-22)23-14-5-8-16-28-23/h1-5,7-8,10-11,13-16,19,21,34H,6,9,12,17-18H2. The van der Waals surface area contributed by atoms with Crippen molar-refractivity contribution < 1.29 is 9.90 Å². The van der Waals surface area contributed by atoms with Crippen LogP contribution >= 0.6 is 0 Å². The maximum atomic E-state index is 13.5. The van der Waals surface area contributed by atoms with Gasteiger partial charge < -0.3 is 10.0 Å². The van der Waals surface area contributed by atoms with Crippen LogP contribution in [-0.4, -0.2) is 53.6 Å². The summed E-state index contributed by atoms with van der Waals surface area (Å²) in [5, 5.41) is 20.5. The van der Waals surface area contributed by atoms with Crippen molar-refractivity contribution in [3.8, 4) is 0 Å². The van der Waals surface area contributed by atoms with E-state index >= 15 is 0 Å². The van der Waals surface area contributed by atoms with E-state index in [9.17, 15) is 9.90 Å². The predicted octanol–water partition coefficient (Wildman–Crippen LogP) is 3.42. The number of rotatable bonds is 5. The molecule has 1 saturated heterocycles. The van der Waals surface area contributed by atoms with Gasteiger partial charge in [-0.15, -0.1) is 5.10 Å². The van der Waals surface area contributed by atoms with Crippen molar-refractivity contribution in [1.82, 2.24) is 29.9 Å². The zero-order valence-electron chi connectivity index (χ0n) is 18.7. The van der Waals surface area contributed by atoms with Crippen LogP contribution in [0.5, 0.6) is 0 Å². The number of likely N-dealkylation sites (tertiary alicyclic amines) is 1. The summed E-state index contributed by atoms with van der Waals surface area (Å²) in [5.74, 6) is 0. The Hall–Kier alpha value is -3.91. The molecule has 1 aromatic carbocycles. The van der Waals surface area contributed by atoms with Crippen molar-refractivity contribution in [2.24, 2.45) is 0 Å². The van der Waals surface area contributed by atoms with Gasteiger partial charge in [-0.1, -0.05) is 47.3 Å². The lowest BCUT2D eigenvalue weighted by atomic mass is 9.91. The van der Waals surface area contributed by atoms with Gasteiger partial charge in [-0.3, -0.25) is 9.97 Å². The Labute approximate surface area is 197 Å². The molecule has 4 aromatic rings. The van der Waals surface area contributed by atoms with E-state index in [1.54, 1.807) is 48.8 Å². The molecule has 8 nitrogen and oxygen atoms in total. The van der Waals surface area contributed by atoms with Crippen molar-refractivity contribution in [3.63, 3.8) is 0 Å². The van der Waals surface area contributed by atoms with Crippen LogP contribution in [0.3, 0.4) is 0 Å². The number of amides is 1. The Balaban J connectivity index is 1.46. The maximum absolute atomic E-state index is 13.5. The highest BCUT2D eigenvalue weighted by Gasteiger charge is 2.40. The van der Waals surface area contributed by atoms with Crippen LogP contribution in [0.2, 0.25) is 0 Å². The molecule has 4 heterocycles. The van der Waals surface area contributed by atoms with Crippen LogP contribution in [-0.2, 0) is 12.0 Å². The molecule has 1 fully saturated rings. The molecule has 0 spiro atoms. The topological polar surface area (TPSA) is 97.0 Å². The van der Waals surface area contributed by atoms with Gasteiger partial charge in [-0.25, -0.2) is 4.79 Å². The molecule has 5 rings (SSSR count). The third kappa shape index (κ3) is 4.20. The molecule has 8 heteroatoms. The number of hydrogen-bond donors (Lipinski definition) is 1. The van der Waals surface area contributed by atoms with Gasteiger partial charge in [0.05, 0.1) is 17.6 Å². The van der Waals surface area contributed by atoms with Crippen LogP contribution in [0.1, 0.15) is 41.9 Å². The summed E-state index contributed by atoms with van der Waals surface area (Å²) in [4.78, 5) is 25.1. The van der Waals surface area contributed by atoms with Gasteiger partial charge in [0.1, 0.15) is 5.69 Å². The zero-order valence-corrected chi connectivity index (χ0v) is 18.7. The third-order valence-electron chi connectivity index (χ3n) is 6.29. The Morgan fingerprint density at radius 2 is 1.59 bits per heavy atom. The summed E-state index contributed by atoms with van der Waals surface area (Å²) >= 11 is 0. The van der Waals surface area contributed by atoms with Crippen molar-refractivity contribution in [1.29, 1.82) is 0 Å². The Morgan fingerprint density at radius 1 is 0.912 bits per heavy atom. The molecule has 0 saturated carbocycles. The molecule has 0 radical (unpaired) electrons. The first-order valence-electron chi connectivity index (χ1n) is 11.5. The first-order valence-corrected chi connectivity index (χ1v) is 11.5. The Morgan fingerprint density at radius 3 is 2.24 bits per heavy atom. The van der Waals surface area contributed by atoms with E-state index in [4.69, 9.17) is 0 Å². The van der Waals surface area contributed by atoms with Gasteiger partial charge in [0.25, 0.3) is 0 Å². The first kappa shape index (κ1) is 21.9. The lowest BCUT2D eigenvalue weighted by Crippen LogP contribution is -2.47. The number of carbonyl (C=O) groups excluding carboxylic acids is 1. The largest absolute Gasteiger partial charge is 0.372 e. The monoisotopic (exact) mass is 454 g/mol. The van der Waals surface area contributed by atoms with Crippen LogP contribution < -0.4 is 0 Å². The number of aliphatic hydroxyl groups is 1. The highest BCUT2D eigenvalue weighted by Crippen LogP contribution is 2.32. The number of carbonyl (C=O) groups is 1. The summed E-state index contributed by atoms with van der Waals surface area (Å²) in [6.07, 6.45) is 8.35. The van der Waals surface area contributed by atoms with E-state index in [1.165, 1.54) is 11.8 Å². The highest BCUT2D eigenvalue weighted by molar-refractivity contribution is 5.75. The molecular weight excluding hydrogens is 428 g/mol. The van der Waals surface area contributed by atoms with Gasteiger partial charge in [0, 0.05) is 25.0 Å². The van der Waals surface area contributed by atoms with Gasteiger partial charge in [0.2, 0.25) is 0 Å². The van der Waals surface area contributed by atoms with Crippen LogP contribution in [0.25, 0.3) is 0 Å². The lowest BCUT2D eigenvalue weighted by Gasteiger charge is -2.35. The number of nitrogens with zero attached hydrogens (tertiary/aromatic N) is 6. The van der Waals surface area contributed by atoms with Crippen LogP contribution in [0.4, 0.5) is 4.79 Å². The van der Waals surface area contributed by atoms with Gasteiger partial charge in [-0.2, -0.15) is 5.10 Å². The summed E-state index contributed by atoms with van der Waals surface area (Å²) in [6.45, 7) is 0.651. The van der Waals surface area contributed by atoms with Crippen molar-refractivity contribution >= 4 is 6.03 Å². The smallest absolute Gasteiger partial charge is 0.362 e. The normalized spacial score (nSPS) is 16.4. The van der Waals surface area contributed by atoms with E-state index < -0.39 is 5.60 Å². The van der Waals surface area contributed by atoms with E-state index in [0.29, 0.717) is 17.9 Å². The molecular formula is C26H26N6O2. The minimum absolute atomic E-state index is 0.0727. The number of piperidine rings is 1. The number of pyridine rings is 2. The molecule has 1 amide bonds. The lowest BCUT2D eigenvalue weighted by molar-refractivity contribution is 0.109. The SMILES string of the molecule is O=C(N1CCCCC1Cc1ccccc1)n1ncc(C(O)(c2ccccn2)c2ccccn2)n1. The summed E-state index contributed by atoms with van der Waals surface area (Å²) in [6, 6.07) is 20.5. The van der Waals surface area contributed by atoms with Crippen LogP contribution in [0, 0.1) is 0 Å². The molecule has 1 aliphatic heterocycles.